The van der Waals surface area contributed by atoms with Crippen LogP contribution >= 0.6 is 0 Å². The molecule has 0 atom stereocenters. The van der Waals surface area contributed by atoms with E-state index in [0.29, 0.717) is 0 Å². The second-order valence-electron chi connectivity index (χ2n) is 7.39. The Labute approximate surface area is 196 Å². The largest absolute Gasteiger partial charge is 0.416 e. The van der Waals surface area contributed by atoms with Gasteiger partial charge in [-0.2, -0.15) is 27.1 Å². The Morgan fingerprint density at radius 2 is 1.64 bits per heavy atom. The number of rotatable bonds is 5. The zero-order chi connectivity index (χ0) is 26.4. The van der Waals surface area contributed by atoms with Gasteiger partial charge in [-0.15, -0.1) is 0 Å². The standard InChI is InChI=1S/C22H12F8N4O2/c1-34-20-11(8-33-34)18(31-6-9-3-2-4-10(5-9)22(28,29)30)12(7-32-20)21(35)36-19-16(26)14(24)13(23)15(25)17(19)27/h2-5,7-8H,6H2,1H3,(H,31,32). The molecule has 0 spiro atoms. The first-order valence-corrected chi connectivity index (χ1v) is 9.84. The van der Waals surface area contributed by atoms with Crippen LogP contribution in [0.25, 0.3) is 11.0 Å². The molecule has 0 aliphatic rings. The van der Waals surface area contributed by atoms with Gasteiger partial charge in [0.05, 0.1) is 22.8 Å². The van der Waals surface area contributed by atoms with Crippen molar-refractivity contribution in [2.24, 2.45) is 7.05 Å². The minimum Gasteiger partial charge on any atom is -0.416 e. The lowest BCUT2D eigenvalue weighted by atomic mass is 10.1. The molecule has 2 aromatic heterocycles. The van der Waals surface area contributed by atoms with E-state index in [4.69, 9.17) is 0 Å². The van der Waals surface area contributed by atoms with E-state index in [1.807, 2.05) is 0 Å². The molecule has 36 heavy (non-hydrogen) atoms. The average Bonchev–Trinajstić information content (AvgIpc) is 3.23. The molecule has 4 aromatic rings. The summed E-state index contributed by atoms with van der Waals surface area (Å²) in [6.45, 7) is -0.263. The van der Waals surface area contributed by atoms with Gasteiger partial charge in [-0.3, -0.25) is 4.68 Å². The average molecular weight is 516 g/mol. The zero-order valence-corrected chi connectivity index (χ0v) is 17.9. The van der Waals surface area contributed by atoms with E-state index in [-0.39, 0.29) is 28.8 Å². The fourth-order valence-corrected chi connectivity index (χ4v) is 3.31. The SMILES string of the molecule is Cn1ncc2c(NCc3cccc(C(F)(F)F)c3)c(C(=O)Oc3c(F)c(F)c(F)c(F)c3F)cnc21. The highest BCUT2D eigenvalue weighted by Crippen LogP contribution is 2.33. The Morgan fingerprint density at radius 3 is 2.28 bits per heavy atom. The van der Waals surface area contributed by atoms with Crippen LogP contribution in [0.4, 0.5) is 40.8 Å². The van der Waals surface area contributed by atoms with Gasteiger partial charge in [-0.25, -0.2) is 22.9 Å². The number of nitrogens with zero attached hydrogens (tertiary/aromatic N) is 3. The van der Waals surface area contributed by atoms with Crippen molar-refractivity contribution in [3.05, 3.63) is 82.4 Å². The Balaban J connectivity index is 1.73. The third kappa shape index (κ3) is 4.41. The number of fused-ring (bicyclic) bond motifs is 1. The molecule has 1 N–H and O–H groups in total. The molecule has 0 aliphatic carbocycles. The molecule has 0 aliphatic heterocycles. The molecule has 0 bridgehead atoms. The van der Waals surface area contributed by atoms with E-state index in [2.05, 4.69) is 20.1 Å². The number of pyridine rings is 1. The molecule has 2 heterocycles. The highest BCUT2D eigenvalue weighted by molar-refractivity contribution is 6.04. The zero-order valence-electron chi connectivity index (χ0n) is 17.9. The quantitative estimate of drug-likeness (QED) is 0.125. The van der Waals surface area contributed by atoms with Crippen LogP contribution in [0.1, 0.15) is 21.5 Å². The van der Waals surface area contributed by atoms with Crippen molar-refractivity contribution >= 4 is 22.7 Å². The van der Waals surface area contributed by atoms with E-state index in [1.165, 1.54) is 30.1 Å². The molecule has 4 rings (SSSR count). The minimum absolute atomic E-state index is 0.112. The van der Waals surface area contributed by atoms with Crippen LogP contribution in [-0.4, -0.2) is 20.7 Å². The lowest BCUT2D eigenvalue weighted by Crippen LogP contribution is -2.16. The number of anilines is 1. The maximum Gasteiger partial charge on any atom is 0.416 e. The van der Waals surface area contributed by atoms with E-state index < -0.39 is 58.1 Å². The van der Waals surface area contributed by atoms with Crippen molar-refractivity contribution < 1.29 is 44.7 Å². The van der Waals surface area contributed by atoms with Gasteiger partial charge in [-0.1, -0.05) is 12.1 Å². The summed E-state index contributed by atoms with van der Waals surface area (Å²) in [4.78, 5) is 16.7. The highest BCUT2D eigenvalue weighted by Gasteiger charge is 2.31. The molecule has 2 aromatic carbocycles. The van der Waals surface area contributed by atoms with Gasteiger partial charge in [0, 0.05) is 19.8 Å². The van der Waals surface area contributed by atoms with Crippen LogP contribution in [0.2, 0.25) is 0 Å². The Kier molecular flexibility index (Phi) is 6.28. The van der Waals surface area contributed by atoms with Gasteiger partial charge in [0.15, 0.2) is 5.65 Å². The number of benzene rings is 2. The summed E-state index contributed by atoms with van der Waals surface area (Å²) in [5.74, 6) is -15.2. The molecule has 14 heteroatoms. The van der Waals surface area contributed by atoms with Crippen molar-refractivity contribution in [1.82, 2.24) is 14.8 Å². The van der Waals surface area contributed by atoms with Gasteiger partial charge in [0.2, 0.25) is 34.8 Å². The molecule has 0 fully saturated rings. The van der Waals surface area contributed by atoms with Crippen molar-refractivity contribution in [2.45, 2.75) is 12.7 Å². The number of aryl methyl sites for hydroxylation is 1. The number of alkyl halides is 3. The number of ether oxygens (including phenoxy) is 1. The first-order chi connectivity index (χ1) is 16.9. The van der Waals surface area contributed by atoms with Crippen molar-refractivity contribution in [1.29, 1.82) is 0 Å². The summed E-state index contributed by atoms with van der Waals surface area (Å²) in [6.07, 6.45) is -2.47. The number of carbonyl (C=O) groups excluding carboxylic acids is 1. The predicted molar refractivity (Wildman–Crippen MR) is 108 cm³/mol. The third-order valence-corrected chi connectivity index (χ3v) is 5.07. The van der Waals surface area contributed by atoms with Crippen molar-refractivity contribution in [2.75, 3.05) is 5.32 Å². The van der Waals surface area contributed by atoms with Gasteiger partial charge in [-0.05, 0) is 17.7 Å². The summed E-state index contributed by atoms with van der Waals surface area (Å²) >= 11 is 0. The number of aromatic nitrogens is 3. The van der Waals surface area contributed by atoms with Gasteiger partial charge in [0.1, 0.15) is 5.56 Å². The predicted octanol–water partition coefficient (Wildman–Crippen LogP) is 5.51. The summed E-state index contributed by atoms with van der Waals surface area (Å²) in [5, 5.41) is 6.85. The molecule has 0 radical (unpaired) electrons. The van der Waals surface area contributed by atoms with Crippen molar-refractivity contribution in [3.63, 3.8) is 0 Å². The number of carbonyl (C=O) groups is 1. The first-order valence-electron chi connectivity index (χ1n) is 9.84. The van der Waals surface area contributed by atoms with E-state index >= 15 is 0 Å². The van der Waals surface area contributed by atoms with Gasteiger partial charge >= 0.3 is 12.1 Å². The molecule has 0 unspecified atom stereocenters. The monoisotopic (exact) mass is 516 g/mol. The summed E-state index contributed by atoms with van der Waals surface area (Å²) in [5.41, 5.74) is -1.19. The summed E-state index contributed by atoms with van der Waals surface area (Å²) < 4.78 is 113. The number of esters is 1. The minimum atomic E-state index is -4.61. The molecular formula is C22H12F8N4O2. The molecule has 0 saturated carbocycles. The summed E-state index contributed by atoms with van der Waals surface area (Å²) in [7, 11) is 1.50. The Bertz CT molecular complexity index is 1470. The van der Waals surface area contributed by atoms with Gasteiger partial charge < -0.3 is 10.1 Å². The first kappa shape index (κ1) is 24.9. The number of hydrogen-bond acceptors (Lipinski definition) is 5. The lowest BCUT2D eigenvalue weighted by Gasteiger charge is -2.14. The molecule has 0 amide bonds. The fraction of sp³-hybridized carbons (Fsp3) is 0.136. The van der Waals surface area contributed by atoms with Gasteiger partial charge in [0.25, 0.3) is 0 Å². The normalized spacial score (nSPS) is 11.7. The van der Waals surface area contributed by atoms with E-state index in [1.54, 1.807) is 0 Å². The van der Waals surface area contributed by atoms with Crippen LogP contribution < -0.4 is 10.1 Å². The fourth-order valence-electron chi connectivity index (χ4n) is 3.31. The van der Waals surface area contributed by atoms with Crippen molar-refractivity contribution in [3.8, 4) is 5.75 Å². The molecule has 188 valence electrons. The van der Waals surface area contributed by atoms with Crippen LogP contribution in [0.3, 0.4) is 0 Å². The molecular weight excluding hydrogens is 504 g/mol. The molecule has 0 saturated heterocycles. The van der Waals surface area contributed by atoms with E-state index in [0.717, 1.165) is 18.3 Å². The number of hydrogen-bond donors (Lipinski definition) is 1. The van der Waals surface area contributed by atoms with E-state index in [9.17, 15) is 39.9 Å². The maximum absolute atomic E-state index is 14.0. The second-order valence-corrected chi connectivity index (χ2v) is 7.39. The smallest absolute Gasteiger partial charge is 0.416 e. The van der Waals surface area contributed by atoms with Crippen LogP contribution in [0, 0.1) is 29.1 Å². The number of halogens is 8. The second kappa shape index (κ2) is 9.09. The number of nitrogens with one attached hydrogen (secondary N) is 1. The Hall–Kier alpha value is -4.23. The molecule has 6 nitrogen and oxygen atoms in total. The Morgan fingerprint density at radius 1 is 1.00 bits per heavy atom. The van der Waals surface area contributed by atoms with Crippen LogP contribution in [0.15, 0.2) is 36.7 Å². The lowest BCUT2D eigenvalue weighted by molar-refractivity contribution is -0.137. The van der Waals surface area contributed by atoms with Crippen LogP contribution in [0.5, 0.6) is 5.75 Å². The maximum atomic E-state index is 14.0. The summed E-state index contributed by atoms with van der Waals surface area (Å²) in [6, 6.07) is 4.27. The topological polar surface area (TPSA) is 69.0 Å². The highest BCUT2D eigenvalue weighted by atomic mass is 19.4. The third-order valence-electron chi connectivity index (χ3n) is 5.07. The van der Waals surface area contributed by atoms with Crippen LogP contribution in [-0.2, 0) is 19.8 Å².